The largest absolute Gasteiger partial charge is 0.345 e. The number of aromatic nitrogens is 4. The van der Waals surface area contributed by atoms with Crippen molar-refractivity contribution in [2.24, 2.45) is 0 Å². The number of nitrogens with zero attached hydrogens (tertiary/aromatic N) is 3. The first-order valence-corrected chi connectivity index (χ1v) is 5.47. The first kappa shape index (κ1) is 9.96. The lowest BCUT2D eigenvalue weighted by molar-refractivity contribution is 1.07. The second-order valence-electron chi connectivity index (χ2n) is 4.07. The molecule has 4 heteroatoms. The first-order valence-electron chi connectivity index (χ1n) is 5.47. The number of hydrogen-bond donors (Lipinski definition) is 1. The molecule has 0 saturated carbocycles. The Labute approximate surface area is 98.8 Å². The highest BCUT2D eigenvalue weighted by Gasteiger charge is 2.07. The zero-order valence-electron chi connectivity index (χ0n) is 9.73. The smallest absolute Gasteiger partial charge is 0.116 e. The van der Waals surface area contributed by atoms with Crippen LogP contribution in [0.3, 0.4) is 0 Å². The van der Waals surface area contributed by atoms with Crippen molar-refractivity contribution in [2.45, 2.75) is 13.8 Å². The minimum atomic E-state index is 0.957. The van der Waals surface area contributed by atoms with Gasteiger partial charge in [0.2, 0.25) is 0 Å². The molecule has 0 atom stereocenters. The Balaban J connectivity index is 2.23. The third-order valence-corrected chi connectivity index (χ3v) is 3.03. The van der Waals surface area contributed by atoms with Gasteiger partial charge in [-0.15, -0.1) is 0 Å². The van der Waals surface area contributed by atoms with Crippen molar-refractivity contribution in [2.75, 3.05) is 0 Å². The van der Waals surface area contributed by atoms with Gasteiger partial charge in [0.25, 0.3) is 0 Å². The molecule has 4 nitrogen and oxygen atoms in total. The van der Waals surface area contributed by atoms with Crippen LogP contribution >= 0.6 is 0 Å². The van der Waals surface area contributed by atoms with Gasteiger partial charge >= 0.3 is 0 Å². The quantitative estimate of drug-likeness (QED) is 0.691. The van der Waals surface area contributed by atoms with Gasteiger partial charge in [-0.1, -0.05) is 6.07 Å². The maximum Gasteiger partial charge on any atom is 0.116 e. The monoisotopic (exact) mass is 224 g/mol. The topological polar surface area (TPSA) is 54.5 Å². The molecular weight excluding hydrogens is 212 g/mol. The van der Waals surface area contributed by atoms with Crippen LogP contribution in [0.25, 0.3) is 22.3 Å². The molecule has 0 unspecified atom stereocenters. The Bertz CT molecular complexity index is 685. The maximum atomic E-state index is 4.35. The Hall–Kier alpha value is -2.23. The van der Waals surface area contributed by atoms with Crippen LogP contribution in [0.1, 0.15) is 11.3 Å². The molecule has 0 fully saturated rings. The zero-order valence-corrected chi connectivity index (χ0v) is 9.73. The summed E-state index contributed by atoms with van der Waals surface area (Å²) in [6.07, 6.45) is 3.30. The van der Waals surface area contributed by atoms with Gasteiger partial charge in [0.1, 0.15) is 6.33 Å². The molecule has 0 aliphatic heterocycles. The van der Waals surface area contributed by atoms with Crippen molar-refractivity contribution >= 4 is 11.0 Å². The number of fused-ring (bicyclic) bond motifs is 1. The van der Waals surface area contributed by atoms with Gasteiger partial charge in [0.15, 0.2) is 0 Å². The second kappa shape index (κ2) is 3.66. The van der Waals surface area contributed by atoms with Gasteiger partial charge in [-0.2, -0.15) is 0 Å². The molecule has 2 aromatic heterocycles. The second-order valence-corrected chi connectivity index (χ2v) is 4.07. The number of rotatable bonds is 1. The Morgan fingerprint density at radius 1 is 1.06 bits per heavy atom. The van der Waals surface area contributed by atoms with E-state index in [-0.39, 0.29) is 0 Å². The summed E-state index contributed by atoms with van der Waals surface area (Å²) in [5, 5.41) is 0. The van der Waals surface area contributed by atoms with E-state index in [1.165, 1.54) is 0 Å². The van der Waals surface area contributed by atoms with Crippen LogP contribution in [0.4, 0.5) is 0 Å². The summed E-state index contributed by atoms with van der Waals surface area (Å²) in [7, 11) is 0. The van der Waals surface area contributed by atoms with E-state index in [1.807, 2.05) is 26.0 Å². The molecule has 17 heavy (non-hydrogen) atoms. The molecule has 1 N–H and O–H groups in total. The molecule has 3 rings (SSSR count). The van der Waals surface area contributed by atoms with Crippen LogP contribution in [-0.4, -0.2) is 19.9 Å². The van der Waals surface area contributed by atoms with Gasteiger partial charge in [-0.25, -0.2) is 15.0 Å². The lowest BCUT2D eigenvalue weighted by Crippen LogP contribution is -1.94. The molecular formula is C13H12N4. The number of hydrogen-bond acceptors (Lipinski definition) is 3. The average molecular weight is 224 g/mol. The highest BCUT2D eigenvalue weighted by molar-refractivity contribution is 5.81. The van der Waals surface area contributed by atoms with E-state index in [2.05, 4.69) is 26.0 Å². The summed E-state index contributed by atoms with van der Waals surface area (Å²) in [6, 6.07) is 6.12. The molecule has 0 amide bonds. The van der Waals surface area contributed by atoms with Gasteiger partial charge in [0.05, 0.1) is 23.1 Å². The van der Waals surface area contributed by atoms with Crippen molar-refractivity contribution in [1.82, 2.24) is 19.9 Å². The van der Waals surface area contributed by atoms with Crippen molar-refractivity contribution < 1.29 is 0 Å². The van der Waals surface area contributed by atoms with Crippen LogP contribution in [0.5, 0.6) is 0 Å². The summed E-state index contributed by atoms with van der Waals surface area (Å²) in [4.78, 5) is 15.9. The third-order valence-electron chi connectivity index (χ3n) is 3.03. The Morgan fingerprint density at radius 3 is 2.82 bits per heavy atom. The van der Waals surface area contributed by atoms with Crippen LogP contribution in [0.15, 0.2) is 30.9 Å². The molecule has 0 radical (unpaired) electrons. The number of benzene rings is 1. The molecule has 0 saturated heterocycles. The molecule has 0 spiro atoms. The maximum absolute atomic E-state index is 4.35. The van der Waals surface area contributed by atoms with E-state index >= 15 is 0 Å². The van der Waals surface area contributed by atoms with Crippen LogP contribution in [-0.2, 0) is 0 Å². The molecule has 84 valence electrons. The minimum absolute atomic E-state index is 0.957. The van der Waals surface area contributed by atoms with Gasteiger partial charge in [-0.05, 0) is 31.5 Å². The minimum Gasteiger partial charge on any atom is -0.345 e. The molecule has 0 aliphatic rings. The van der Waals surface area contributed by atoms with Gasteiger partial charge in [-0.3, -0.25) is 0 Å². The Kier molecular flexibility index (Phi) is 2.14. The van der Waals surface area contributed by atoms with Crippen molar-refractivity contribution in [3.63, 3.8) is 0 Å². The molecule has 3 aromatic rings. The third kappa shape index (κ3) is 1.58. The fraction of sp³-hybridized carbons (Fsp3) is 0.154. The van der Waals surface area contributed by atoms with E-state index in [1.54, 1.807) is 12.7 Å². The van der Waals surface area contributed by atoms with Crippen molar-refractivity contribution in [3.05, 3.63) is 42.1 Å². The fourth-order valence-electron chi connectivity index (χ4n) is 1.91. The highest BCUT2D eigenvalue weighted by atomic mass is 14.9. The summed E-state index contributed by atoms with van der Waals surface area (Å²) < 4.78 is 0. The van der Waals surface area contributed by atoms with Gasteiger partial charge in [0, 0.05) is 11.3 Å². The standard InChI is InChI=1S/C13H12N4/c1-8-9(2)14-6-17-13(8)10-3-4-11-12(5-10)16-7-15-11/h3-7H,1-2H3,(H,15,16). The van der Waals surface area contributed by atoms with E-state index in [0.29, 0.717) is 0 Å². The van der Waals surface area contributed by atoms with Crippen LogP contribution < -0.4 is 0 Å². The normalized spacial score (nSPS) is 10.9. The van der Waals surface area contributed by atoms with E-state index in [9.17, 15) is 0 Å². The number of aromatic amines is 1. The van der Waals surface area contributed by atoms with Crippen molar-refractivity contribution in [3.8, 4) is 11.3 Å². The Morgan fingerprint density at radius 2 is 1.94 bits per heavy atom. The van der Waals surface area contributed by atoms with E-state index in [4.69, 9.17) is 0 Å². The predicted octanol–water partition coefficient (Wildman–Crippen LogP) is 2.64. The number of H-pyrrole nitrogens is 1. The van der Waals surface area contributed by atoms with E-state index in [0.717, 1.165) is 33.5 Å². The number of aryl methyl sites for hydroxylation is 1. The zero-order chi connectivity index (χ0) is 11.8. The molecule has 0 bridgehead atoms. The fourth-order valence-corrected chi connectivity index (χ4v) is 1.91. The van der Waals surface area contributed by atoms with Crippen LogP contribution in [0, 0.1) is 13.8 Å². The summed E-state index contributed by atoms with van der Waals surface area (Å²) in [5.41, 5.74) is 6.17. The first-order chi connectivity index (χ1) is 8.25. The molecule has 2 heterocycles. The summed E-state index contributed by atoms with van der Waals surface area (Å²) >= 11 is 0. The van der Waals surface area contributed by atoms with Crippen LogP contribution in [0.2, 0.25) is 0 Å². The number of imidazole rings is 1. The lowest BCUT2D eigenvalue weighted by Gasteiger charge is -2.06. The summed E-state index contributed by atoms with van der Waals surface area (Å²) in [6.45, 7) is 4.03. The summed E-state index contributed by atoms with van der Waals surface area (Å²) in [5.74, 6) is 0. The SMILES string of the molecule is Cc1ncnc(-c2ccc3[nH]cnc3c2)c1C. The highest BCUT2D eigenvalue weighted by Crippen LogP contribution is 2.24. The number of nitrogens with one attached hydrogen (secondary N) is 1. The lowest BCUT2D eigenvalue weighted by atomic mass is 10.1. The van der Waals surface area contributed by atoms with Gasteiger partial charge < -0.3 is 4.98 Å². The van der Waals surface area contributed by atoms with E-state index < -0.39 is 0 Å². The molecule has 0 aliphatic carbocycles. The van der Waals surface area contributed by atoms with Crippen molar-refractivity contribution in [1.29, 1.82) is 0 Å². The average Bonchev–Trinajstić information content (AvgIpc) is 2.79. The molecule has 1 aromatic carbocycles. The predicted molar refractivity (Wildman–Crippen MR) is 66.6 cm³/mol.